The number of rotatable bonds is 2. The maximum absolute atomic E-state index is 11.0. The smallest absolute Gasteiger partial charge is 0.322 e. The van der Waals surface area contributed by atoms with Gasteiger partial charge in [-0.15, -0.1) is 0 Å². The molecule has 1 unspecified atom stereocenters. The molecule has 1 fully saturated rings. The minimum absolute atomic E-state index is 0.147. The topological polar surface area (TPSA) is 52.3 Å². The molecule has 0 bridgehead atoms. The van der Waals surface area contributed by atoms with Crippen molar-refractivity contribution < 1.29 is 9.53 Å². The molecule has 0 aliphatic heterocycles. The van der Waals surface area contributed by atoms with Gasteiger partial charge >= 0.3 is 5.97 Å². The summed E-state index contributed by atoms with van der Waals surface area (Å²) in [7, 11) is 0. The molecule has 0 radical (unpaired) electrons. The lowest BCUT2D eigenvalue weighted by Gasteiger charge is -2.12. The normalized spacial score (nSPS) is 21.6. The summed E-state index contributed by atoms with van der Waals surface area (Å²) in [5.74, 6) is -0.267. The highest BCUT2D eigenvalue weighted by Crippen LogP contribution is 2.20. The Morgan fingerprint density at radius 3 is 2.55 bits per heavy atom. The zero-order valence-electron chi connectivity index (χ0n) is 6.88. The minimum atomic E-state index is -0.476. The van der Waals surface area contributed by atoms with Crippen molar-refractivity contribution in [1.82, 2.24) is 0 Å². The number of nitrogens with two attached hydrogens (primary N) is 1. The van der Waals surface area contributed by atoms with E-state index < -0.39 is 6.04 Å². The summed E-state index contributed by atoms with van der Waals surface area (Å²) in [6.07, 6.45) is 4.53. The summed E-state index contributed by atoms with van der Waals surface area (Å²) in [6, 6.07) is -0.476. The summed E-state index contributed by atoms with van der Waals surface area (Å²) in [5, 5.41) is 0. The maximum Gasteiger partial charge on any atom is 0.322 e. The lowest BCUT2D eigenvalue weighted by Crippen LogP contribution is -2.31. The van der Waals surface area contributed by atoms with Crippen LogP contribution >= 0.6 is 0 Å². The van der Waals surface area contributed by atoms with Gasteiger partial charge in [0, 0.05) is 0 Å². The van der Waals surface area contributed by atoms with E-state index in [0.717, 1.165) is 12.8 Å². The van der Waals surface area contributed by atoms with Crippen LogP contribution in [0.15, 0.2) is 0 Å². The average Bonchev–Trinajstić information content (AvgIpc) is 2.39. The van der Waals surface area contributed by atoms with Crippen molar-refractivity contribution in [3.05, 3.63) is 0 Å². The van der Waals surface area contributed by atoms with Crippen LogP contribution < -0.4 is 5.73 Å². The molecule has 0 aromatic rings. The van der Waals surface area contributed by atoms with Crippen LogP contribution in [-0.2, 0) is 9.53 Å². The Bertz CT molecular complexity index is 139. The van der Waals surface area contributed by atoms with Crippen LogP contribution in [0.1, 0.15) is 32.6 Å². The monoisotopic (exact) mass is 157 g/mol. The van der Waals surface area contributed by atoms with Crippen molar-refractivity contribution in [2.75, 3.05) is 0 Å². The SMILES string of the molecule is CC(N)C(=O)OC1CCCC1. The van der Waals surface area contributed by atoms with Gasteiger partial charge in [0.1, 0.15) is 12.1 Å². The third-order valence-corrected chi connectivity index (χ3v) is 1.96. The standard InChI is InChI=1S/C8H15NO2/c1-6(9)8(10)11-7-4-2-3-5-7/h6-7H,2-5,9H2,1H3. The van der Waals surface area contributed by atoms with Crippen LogP contribution in [0.3, 0.4) is 0 Å². The Morgan fingerprint density at radius 2 is 2.09 bits per heavy atom. The number of esters is 1. The first kappa shape index (κ1) is 8.53. The second-order valence-electron chi connectivity index (χ2n) is 3.13. The molecule has 2 N–H and O–H groups in total. The van der Waals surface area contributed by atoms with E-state index in [2.05, 4.69) is 0 Å². The summed E-state index contributed by atoms with van der Waals surface area (Å²) in [6.45, 7) is 1.65. The third-order valence-electron chi connectivity index (χ3n) is 1.96. The first-order valence-electron chi connectivity index (χ1n) is 4.16. The highest BCUT2D eigenvalue weighted by atomic mass is 16.5. The molecule has 1 aliphatic rings. The van der Waals surface area contributed by atoms with Crippen molar-refractivity contribution in [1.29, 1.82) is 0 Å². The Hall–Kier alpha value is -0.570. The molecule has 0 heterocycles. The minimum Gasteiger partial charge on any atom is -0.461 e. The summed E-state index contributed by atoms with van der Waals surface area (Å²) in [5.41, 5.74) is 5.34. The van der Waals surface area contributed by atoms with Crippen molar-refractivity contribution in [3.63, 3.8) is 0 Å². The number of carbonyl (C=O) groups excluding carboxylic acids is 1. The molecule has 1 atom stereocenters. The van der Waals surface area contributed by atoms with Gasteiger partial charge in [-0.2, -0.15) is 0 Å². The molecule has 3 heteroatoms. The predicted molar refractivity (Wildman–Crippen MR) is 42.0 cm³/mol. The van der Waals surface area contributed by atoms with Crippen LogP contribution in [-0.4, -0.2) is 18.1 Å². The first-order chi connectivity index (χ1) is 5.20. The maximum atomic E-state index is 11.0. The molecule has 11 heavy (non-hydrogen) atoms. The number of hydrogen-bond acceptors (Lipinski definition) is 3. The van der Waals surface area contributed by atoms with Gasteiger partial charge in [0.2, 0.25) is 0 Å². The fraction of sp³-hybridized carbons (Fsp3) is 0.875. The van der Waals surface area contributed by atoms with Crippen LogP contribution in [0.5, 0.6) is 0 Å². The molecule has 0 amide bonds. The molecule has 0 saturated heterocycles. The fourth-order valence-electron chi connectivity index (χ4n) is 1.28. The molecule has 1 aliphatic carbocycles. The lowest BCUT2D eigenvalue weighted by atomic mass is 10.3. The summed E-state index contributed by atoms with van der Waals surface area (Å²) >= 11 is 0. The van der Waals surface area contributed by atoms with Crippen molar-refractivity contribution in [2.24, 2.45) is 5.73 Å². The molecule has 1 rings (SSSR count). The first-order valence-corrected chi connectivity index (χ1v) is 4.16. The fourth-order valence-corrected chi connectivity index (χ4v) is 1.28. The van der Waals surface area contributed by atoms with Crippen molar-refractivity contribution in [2.45, 2.75) is 44.8 Å². The number of carbonyl (C=O) groups is 1. The zero-order valence-corrected chi connectivity index (χ0v) is 6.88. The molecule has 0 spiro atoms. The molecular weight excluding hydrogens is 142 g/mol. The van der Waals surface area contributed by atoms with E-state index in [1.54, 1.807) is 6.92 Å². The lowest BCUT2D eigenvalue weighted by molar-refractivity contribution is -0.149. The van der Waals surface area contributed by atoms with Gasteiger partial charge in [-0.3, -0.25) is 4.79 Å². The Morgan fingerprint density at radius 1 is 1.55 bits per heavy atom. The van der Waals surface area contributed by atoms with Gasteiger partial charge in [-0.05, 0) is 32.6 Å². The van der Waals surface area contributed by atoms with Gasteiger partial charge in [0.05, 0.1) is 0 Å². The van der Waals surface area contributed by atoms with Gasteiger partial charge in [-0.1, -0.05) is 0 Å². The van der Waals surface area contributed by atoms with E-state index in [-0.39, 0.29) is 12.1 Å². The Labute approximate surface area is 66.9 Å². The number of ether oxygens (including phenoxy) is 1. The van der Waals surface area contributed by atoms with E-state index in [1.807, 2.05) is 0 Å². The molecule has 3 nitrogen and oxygen atoms in total. The Kier molecular flexibility index (Phi) is 2.88. The summed E-state index contributed by atoms with van der Waals surface area (Å²) < 4.78 is 5.11. The van der Waals surface area contributed by atoms with E-state index in [1.165, 1.54) is 12.8 Å². The molecule has 1 saturated carbocycles. The van der Waals surface area contributed by atoms with Crippen molar-refractivity contribution in [3.8, 4) is 0 Å². The number of hydrogen-bond donors (Lipinski definition) is 1. The van der Waals surface area contributed by atoms with Gasteiger partial charge in [0.15, 0.2) is 0 Å². The average molecular weight is 157 g/mol. The van der Waals surface area contributed by atoms with Crippen LogP contribution in [0.4, 0.5) is 0 Å². The third kappa shape index (κ3) is 2.50. The van der Waals surface area contributed by atoms with Gasteiger partial charge in [-0.25, -0.2) is 0 Å². The zero-order chi connectivity index (χ0) is 8.27. The molecule has 0 aromatic carbocycles. The van der Waals surface area contributed by atoms with E-state index in [0.29, 0.717) is 0 Å². The van der Waals surface area contributed by atoms with Crippen molar-refractivity contribution >= 4 is 5.97 Å². The summed E-state index contributed by atoms with van der Waals surface area (Å²) in [4.78, 5) is 11.0. The van der Waals surface area contributed by atoms with Crippen LogP contribution in [0.2, 0.25) is 0 Å². The highest BCUT2D eigenvalue weighted by molar-refractivity contribution is 5.75. The van der Waals surface area contributed by atoms with Crippen LogP contribution in [0, 0.1) is 0 Å². The van der Waals surface area contributed by atoms with Crippen LogP contribution in [0.25, 0.3) is 0 Å². The second-order valence-corrected chi connectivity index (χ2v) is 3.13. The molecule has 0 aromatic heterocycles. The highest BCUT2D eigenvalue weighted by Gasteiger charge is 2.20. The quantitative estimate of drug-likeness (QED) is 0.604. The van der Waals surface area contributed by atoms with Gasteiger partial charge in [0.25, 0.3) is 0 Å². The Balaban J connectivity index is 2.24. The molecule has 64 valence electrons. The van der Waals surface area contributed by atoms with E-state index in [4.69, 9.17) is 10.5 Å². The largest absolute Gasteiger partial charge is 0.461 e. The predicted octanol–water partition coefficient (Wildman–Crippen LogP) is 0.819. The second kappa shape index (κ2) is 3.72. The van der Waals surface area contributed by atoms with E-state index >= 15 is 0 Å². The van der Waals surface area contributed by atoms with Gasteiger partial charge < -0.3 is 10.5 Å². The van der Waals surface area contributed by atoms with E-state index in [9.17, 15) is 4.79 Å². The molecular formula is C8H15NO2.